The van der Waals surface area contributed by atoms with Gasteiger partial charge in [0.2, 0.25) is 0 Å². The summed E-state index contributed by atoms with van der Waals surface area (Å²) in [6.45, 7) is 6.02. The van der Waals surface area contributed by atoms with Crippen LogP contribution in [-0.2, 0) is 17.9 Å². The summed E-state index contributed by atoms with van der Waals surface area (Å²) in [5, 5.41) is 27.4. The summed E-state index contributed by atoms with van der Waals surface area (Å²) < 4.78 is 0. The molecule has 0 saturated carbocycles. The topological polar surface area (TPSA) is 107 Å². The first-order chi connectivity index (χ1) is 12.5. The number of H-pyrrole nitrogens is 1. The molecule has 0 radical (unpaired) electrons. The van der Waals surface area contributed by atoms with E-state index in [4.69, 9.17) is 0 Å². The number of carbonyl (C=O) groups is 1. The number of hydrogen-bond donors (Lipinski definition) is 3. The summed E-state index contributed by atoms with van der Waals surface area (Å²) in [6, 6.07) is 8.33. The van der Waals surface area contributed by atoms with Crippen LogP contribution in [-0.4, -0.2) is 55.2 Å². The minimum atomic E-state index is -1.39. The fourth-order valence-corrected chi connectivity index (χ4v) is 3.25. The molecule has 0 bridgehead atoms. The highest BCUT2D eigenvalue weighted by atomic mass is 16.3. The van der Waals surface area contributed by atoms with Gasteiger partial charge in [0, 0.05) is 19.6 Å². The van der Waals surface area contributed by atoms with Gasteiger partial charge in [0.05, 0.1) is 6.54 Å². The number of piperidine rings is 1. The molecule has 2 aromatic rings. The van der Waals surface area contributed by atoms with Gasteiger partial charge in [0.1, 0.15) is 0 Å². The Balaban J connectivity index is 1.59. The van der Waals surface area contributed by atoms with Crippen molar-refractivity contribution in [3.05, 3.63) is 41.2 Å². The Morgan fingerprint density at radius 3 is 2.77 bits per heavy atom. The second kappa shape index (κ2) is 7.92. The second-order valence-electron chi connectivity index (χ2n) is 7.19. The molecule has 1 aromatic heterocycles. The largest absolute Gasteiger partial charge is 0.379 e. The van der Waals surface area contributed by atoms with Gasteiger partial charge >= 0.3 is 0 Å². The van der Waals surface area contributed by atoms with Crippen LogP contribution in [0, 0.1) is 0 Å². The molecule has 0 spiro atoms. The average Bonchev–Trinajstić information content (AvgIpc) is 3.13. The Morgan fingerprint density at radius 1 is 1.35 bits per heavy atom. The van der Waals surface area contributed by atoms with Crippen molar-refractivity contribution < 1.29 is 9.90 Å². The zero-order chi connectivity index (χ0) is 18.6. The molecule has 1 unspecified atom stereocenters. The van der Waals surface area contributed by atoms with Gasteiger partial charge in [-0.1, -0.05) is 43.3 Å². The summed E-state index contributed by atoms with van der Waals surface area (Å²) in [6.07, 6.45) is 1.23. The average molecular weight is 358 g/mol. The van der Waals surface area contributed by atoms with Crippen LogP contribution in [0.2, 0.25) is 0 Å². The maximum atomic E-state index is 12.8. The van der Waals surface area contributed by atoms with Crippen molar-refractivity contribution in [1.29, 1.82) is 0 Å². The lowest BCUT2D eigenvalue weighted by atomic mass is 9.91. The molecule has 1 amide bonds. The van der Waals surface area contributed by atoms with E-state index >= 15 is 0 Å². The lowest BCUT2D eigenvalue weighted by molar-refractivity contribution is -0.157. The molecule has 26 heavy (non-hydrogen) atoms. The lowest BCUT2D eigenvalue weighted by Gasteiger charge is -2.38. The van der Waals surface area contributed by atoms with Gasteiger partial charge in [-0.15, -0.1) is 10.2 Å². The van der Waals surface area contributed by atoms with E-state index in [1.807, 2.05) is 0 Å². The lowest BCUT2D eigenvalue weighted by Crippen LogP contribution is -2.57. The highest BCUT2D eigenvalue weighted by molar-refractivity contribution is 5.86. The molecule has 0 aliphatic carbocycles. The first-order valence-corrected chi connectivity index (χ1v) is 9.01. The van der Waals surface area contributed by atoms with Gasteiger partial charge in [-0.2, -0.15) is 5.21 Å². The highest BCUT2D eigenvalue weighted by Gasteiger charge is 2.41. The van der Waals surface area contributed by atoms with Gasteiger partial charge in [0.25, 0.3) is 5.91 Å². The van der Waals surface area contributed by atoms with Gasteiger partial charge in [0.15, 0.2) is 11.4 Å². The molecule has 1 aliphatic rings. The predicted molar refractivity (Wildman–Crippen MR) is 96.0 cm³/mol. The Labute approximate surface area is 153 Å². The molecule has 1 aliphatic heterocycles. The number of rotatable bonds is 7. The van der Waals surface area contributed by atoms with Crippen molar-refractivity contribution >= 4 is 5.91 Å². The van der Waals surface area contributed by atoms with Crippen LogP contribution >= 0.6 is 0 Å². The first-order valence-electron chi connectivity index (χ1n) is 9.01. The van der Waals surface area contributed by atoms with E-state index in [0.717, 1.165) is 12.0 Å². The van der Waals surface area contributed by atoms with Crippen molar-refractivity contribution in [2.45, 2.75) is 51.3 Å². The number of nitrogens with one attached hydrogen (secondary N) is 2. The molecule has 1 aromatic carbocycles. The second-order valence-corrected chi connectivity index (χ2v) is 7.19. The van der Waals surface area contributed by atoms with Crippen molar-refractivity contribution in [3.8, 4) is 0 Å². The quantitative estimate of drug-likeness (QED) is 0.681. The summed E-state index contributed by atoms with van der Waals surface area (Å²) in [4.78, 5) is 14.5. The van der Waals surface area contributed by atoms with E-state index in [1.165, 1.54) is 5.56 Å². The molecule has 1 saturated heterocycles. The zero-order valence-electron chi connectivity index (χ0n) is 15.3. The van der Waals surface area contributed by atoms with E-state index in [2.05, 4.69) is 64.1 Å². The van der Waals surface area contributed by atoms with Gasteiger partial charge in [-0.05, 0) is 29.9 Å². The summed E-state index contributed by atoms with van der Waals surface area (Å²) in [7, 11) is 0. The monoisotopic (exact) mass is 358 g/mol. The minimum absolute atomic E-state index is 0.170. The minimum Gasteiger partial charge on any atom is -0.379 e. The fraction of sp³-hybridized carbons (Fsp3) is 0.556. The molecule has 1 atom stereocenters. The number of aromatic nitrogens is 4. The number of nitrogens with zero attached hydrogens (tertiary/aromatic N) is 4. The van der Waals surface area contributed by atoms with Crippen LogP contribution in [0.15, 0.2) is 24.3 Å². The van der Waals surface area contributed by atoms with Crippen LogP contribution in [0.25, 0.3) is 0 Å². The third kappa shape index (κ3) is 4.25. The predicted octanol–water partition coefficient (Wildman–Crippen LogP) is 0.966. The third-order valence-corrected chi connectivity index (χ3v) is 4.81. The Kier molecular flexibility index (Phi) is 5.63. The normalized spacial score (nSPS) is 20.8. The summed E-state index contributed by atoms with van der Waals surface area (Å²) in [5.74, 6) is 0.757. The SMILES string of the molecule is CC(C)c1ccc(CN2CCCC(O)(CNCc3nn[nH]n3)C2=O)cc1. The standard InChI is InChI=1S/C18H26N6O2/c1-13(2)15-6-4-14(5-7-15)11-24-9-3-8-18(26,17(24)25)12-19-10-16-20-22-23-21-16/h4-7,13,19,26H,3,8-12H2,1-2H3,(H,20,21,22,23). The van der Waals surface area contributed by atoms with Crippen LogP contribution in [0.1, 0.15) is 49.6 Å². The number of benzene rings is 1. The van der Waals surface area contributed by atoms with Crippen molar-refractivity contribution in [2.75, 3.05) is 13.1 Å². The van der Waals surface area contributed by atoms with Crippen LogP contribution in [0.3, 0.4) is 0 Å². The summed E-state index contributed by atoms with van der Waals surface area (Å²) >= 11 is 0. The van der Waals surface area contributed by atoms with Crippen LogP contribution < -0.4 is 5.32 Å². The van der Waals surface area contributed by atoms with E-state index in [-0.39, 0.29) is 12.5 Å². The van der Waals surface area contributed by atoms with Crippen molar-refractivity contribution in [2.24, 2.45) is 0 Å². The molecule has 8 nitrogen and oxygen atoms in total. The van der Waals surface area contributed by atoms with E-state index in [9.17, 15) is 9.90 Å². The van der Waals surface area contributed by atoms with E-state index in [1.54, 1.807) is 4.90 Å². The van der Waals surface area contributed by atoms with Gasteiger partial charge < -0.3 is 15.3 Å². The number of hydrogen-bond acceptors (Lipinski definition) is 6. The number of aromatic amines is 1. The van der Waals surface area contributed by atoms with Gasteiger partial charge in [-0.25, -0.2) is 0 Å². The molecular formula is C18H26N6O2. The van der Waals surface area contributed by atoms with Crippen molar-refractivity contribution in [1.82, 2.24) is 30.8 Å². The first kappa shape index (κ1) is 18.5. The third-order valence-electron chi connectivity index (χ3n) is 4.81. The van der Waals surface area contributed by atoms with Crippen LogP contribution in [0.4, 0.5) is 0 Å². The highest BCUT2D eigenvalue weighted by Crippen LogP contribution is 2.24. The summed E-state index contributed by atoms with van der Waals surface area (Å²) in [5.41, 5.74) is 0.965. The molecular weight excluding hydrogens is 332 g/mol. The molecule has 2 heterocycles. The molecule has 8 heteroatoms. The fourth-order valence-electron chi connectivity index (χ4n) is 3.25. The van der Waals surface area contributed by atoms with Gasteiger partial charge in [-0.3, -0.25) is 4.79 Å². The Morgan fingerprint density at radius 2 is 2.12 bits per heavy atom. The maximum absolute atomic E-state index is 12.8. The Bertz CT molecular complexity index is 716. The Hall–Kier alpha value is -2.32. The number of amides is 1. The molecule has 3 N–H and O–H groups in total. The zero-order valence-corrected chi connectivity index (χ0v) is 15.3. The smallest absolute Gasteiger partial charge is 0.256 e. The number of likely N-dealkylation sites (tertiary alicyclic amines) is 1. The van der Waals surface area contributed by atoms with Crippen molar-refractivity contribution in [3.63, 3.8) is 0 Å². The maximum Gasteiger partial charge on any atom is 0.256 e. The number of carbonyl (C=O) groups excluding carboxylic acids is 1. The van der Waals surface area contributed by atoms with Crippen LogP contribution in [0.5, 0.6) is 0 Å². The van der Waals surface area contributed by atoms with E-state index < -0.39 is 5.60 Å². The molecule has 3 rings (SSSR count). The number of tetrazole rings is 1. The number of aliphatic hydroxyl groups is 1. The van der Waals surface area contributed by atoms with E-state index in [0.29, 0.717) is 37.8 Å². The molecule has 140 valence electrons. The molecule has 1 fully saturated rings.